The molecule has 0 N–H and O–H groups in total. The Labute approximate surface area is 206 Å². The van der Waals surface area contributed by atoms with Crippen molar-refractivity contribution in [1.29, 1.82) is 0 Å². The second-order valence-electron chi connectivity index (χ2n) is 11.0. The highest BCUT2D eigenvalue weighted by molar-refractivity contribution is 7.99. The van der Waals surface area contributed by atoms with E-state index in [9.17, 15) is 0 Å². The first-order valence-corrected chi connectivity index (χ1v) is 15.0. The van der Waals surface area contributed by atoms with Crippen LogP contribution in [-0.4, -0.2) is 44.7 Å². The van der Waals surface area contributed by atoms with Crippen molar-refractivity contribution in [1.82, 2.24) is 0 Å². The Balaban J connectivity index is 1.10. The highest BCUT2D eigenvalue weighted by Gasteiger charge is 2.43. The van der Waals surface area contributed by atoms with Gasteiger partial charge in [-0.1, -0.05) is 95.2 Å². The molecule has 1 aromatic carbocycles. The van der Waals surface area contributed by atoms with Crippen molar-refractivity contribution in [2.24, 2.45) is 0 Å². The van der Waals surface area contributed by atoms with Crippen LogP contribution in [0.25, 0.3) is 0 Å². The van der Waals surface area contributed by atoms with Crippen LogP contribution in [0.2, 0.25) is 23.3 Å². The minimum absolute atomic E-state index is 0.162. The summed E-state index contributed by atoms with van der Waals surface area (Å²) in [5.74, 6) is 6.24. The van der Waals surface area contributed by atoms with Crippen LogP contribution in [0.4, 0.5) is 0 Å². The van der Waals surface area contributed by atoms with Crippen molar-refractivity contribution in [3.8, 4) is 5.75 Å². The van der Waals surface area contributed by atoms with E-state index in [0.717, 1.165) is 47.1 Å². The van der Waals surface area contributed by atoms with E-state index in [1.54, 1.807) is 0 Å². The molecular formula is C27H42B2O3S. The number of hydrogen-bond donors (Lipinski definition) is 0. The van der Waals surface area contributed by atoms with E-state index in [0.29, 0.717) is 20.4 Å². The van der Waals surface area contributed by atoms with Crippen molar-refractivity contribution in [3.05, 3.63) is 30.3 Å². The zero-order chi connectivity index (χ0) is 22.3. The fourth-order valence-electron chi connectivity index (χ4n) is 7.24. The first-order valence-electron chi connectivity index (χ1n) is 13.9. The molecule has 0 aromatic heterocycles. The highest BCUT2D eigenvalue weighted by Crippen LogP contribution is 2.48. The lowest BCUT2D eigenvalue weighted by Crippen LogP contribution is -2.42. The number of ether oxygens (including phenoxy) is 1. The molecule has 4 heterocycles. The Kier molecular flexibility index (Phi) is 9.07. The van der Waals surface area contributed by atoms with Gasteiger partial charge in [-0.3, -0.25) is 0 Å². The van der Waals surface area contributed by atoms with Crippen LogP contribution in [-0.2, 0) is 9.31 Å². The SMILES string of the molecule is c1ccc(OCC(CSCCOB2C3CCCC2CCC3)OB2C3CCCC2CCC3)cc1. The van der Waals surface area contributed by atoms with E-state index < -0.39 is 0 Å². The number of para-hydroxylation sites is 1. The Bertz CT molecular complexity index is 664. The number of benzene rings is 1. The molecule has 4 aliphatic rings. The van der Waals surface area contributed by atoms with Crippen molar-refractivity contribution in [3.63, 3.8) is 0 Å². The summed E-state index contributed by atoms with van der Waals surface area (Å²) in [7, 11) is 0. The fraction of sp³-hybridized carbons (Fsp3) is 0.778. The first-order chi connectivity index (χ1) is 16.4. The van der Waals surface area contributed by atoms with Gasteiger partial charge in [-0.15, -0.1) is 0 Å². The number of rotatable bonds is 11. The summed E-state index contributed by atoms with van der Waals surface area (Å²) in [4.78, 5) is 0. The smallest absolute Gasteiger partial charge is 0.299 e. The number of thioether (sulfide) groups is 1. The monoisotopic (exact) mass is 468 g/mol. The van der Waals surface area contributed by atoms with Gasteiger partial charge in [-0.2, -0.15) is 11.8 Å². The molecule has 0 amide bonds. The van der Waals surface area contributed by atoms with Crippen LogP contribution in [0.3, 0.4) is 0 Å². The lowest BCUT2D eigenvalue weighted by atomic mass is 9.38. The Morgan fingerprint density at radius 1 is 0.758 bits per heavy atom. The quantitative estimate of drug-likeness (QED) is 0.250. The van der Waals surface area contributed by atoms with Gasteiger partial charge in [0.1, 0.15) is 12.4 Å². The van der Waals surface area contributed by atoms with Gasteiger partial charge in [-0.25, -0.2) is 0 Å². The predicted octanol–water partition coefficient (Wildman–Crippen LogP) is 7.40. The van der Waals surface area contributed by atoms with Gasteiger partial charge in [0.25, 0.3) is 13.8 Å². The fourth-order valence-corrected chi connectivity index (χ4v) is 8.06. The topological polar surface area (TPSA) is 27.7 Å². The summed E-state index contributed by atoms with van der Waals surface area (Å²) < 4.78 is 19.5. The van der Waals surface area contributed by atoms with E-state index in [1.807, 2.05) is 30.0 Å². The van der Waals surface area contributed by atoms with Gasteiger partial charge in [0.15, 0.2) is 0 Å². The van der Waals surface area contributed by atoms with Crippen LogP contribution in [0.5, 0.6) is 5.75 Å². The average Bonchev–Trinajstić information content (AvgIpc) is 2.82. The van der Waals surface area contributed by atoms with Crippen molar-refractivity contribution in [2.75, 3.05) is 24.7 Å². The summed E-state index contributed by atoms with van der Waals surface area (Å²) in [5, 5.41) is 0. The molecule has 0 spiro atoms. The molecule has 180 valence electrons. The van der Waals surface area contributed by atoms with Crippen molar-refractivity contribution >= 4 is 25.6 Å². The Hall–Kier alpha value is -0.580. The van der Waals surface area contributed by atoms with E-state index in [4.69, 9.17) is 14.0 Å². The third kappa shape index (κ3) is 6.55. The van der Waals surface area contributed by atoms with Gasteiger partial charge < -0.3 is 14.0 Å². The van der Waals surface area contributed by atoms with Gasteiger partial charge in [0, 0.05) is 18.1 Å². The minimum Gasteiger partial charge on any atom is -0.491 e. The van der Waals surface area contributed by atoms with Crippen LogP contribution >= 0.6 is 11.8 Å². The molecule has 4 fully saturated rings. The van der Waals surface area contributed by atoms with Crippen LogP contribution in [0.15, 0.2) is 30.3 Å². The second kappa shape index (κ2) is 12.4. The van der Waals surface area contributed by atoms with Gasteiger partial charge in [-0.05, 0) is 35.4 Å². The van der Waals surface area contributed by atoms with E-state index in [2.05, 4.69) is 12.1 Å². The molecule has 3 nitrogen and oxygen atoms in total. The largest absolute Gasteiger partial charge is 0.491 e. The molecule has 1 unspecified atom stereocenters. The molecule has 6 heteroatoms. The first kappa shape index (κ1) is 24.1. The van der Waals surface area contributed by atoms with Gasteiger partial charge in [0.2, 0.25) is 0 Å². The molecule has 0 radical (unpaired) electrons. The third-order valence-corrected chi connectivity index (χ3v) is 9.89. The summed E-state index contributed by atoms with van der Waals surface area (Å²) >= 11 is 2.00. The predicted molar refractivity (Wildman–Crippen MR) is 142 cm³/mol. The highest BCUT2D eigenvalue weighted by atomic mass is 32.2. The second-order valence-corrected chi connectivity index (χ2v) is 12.2. The maximum absolute atomic E-state index is 6.85. The van der Waals surface area contributed by atoms with Crippen molar-refractivity contribution < 1.29 is 14.0 Å². The molecule has 33 heavy (non-hydrogen) atoms. The van der Waals surface area contributed by atoms with E-state index in [-0.39, 0.29) is 6.10 Å². The zero-order valence-electron chi connectivity index (χ0n) is 20.4. The molecular weight excluding hydrogens is 426 g/mol. The summed E-state index contributed by atoms with van der Waals surface area (Å²) in [6, 6.07) is 10.2. The zero-order valence-corrected chi connectivity index (χ0v) is 21.2. The van der Waals surface area contributed by atoms with E-state index >= 15 is 0 Å². The lowest BCUT2D eigenvalue weighted by molar-refractivity contribution is 0.132. The third-order valence-electron chi connectivity index (χ3n) is 8.83. The maximum atomic E-state index is 6.85. The minimum atomic E-state index is 0.162. The van der Waals surface area contributed by atoms with Gasteiger partial charge in [0.05, 0.1) is 6.10 Å². The molecule has 4 bridgehead atoms. The number of fused-ring (bicyclic) bond motifs is 4. The van der Waals surface area contributed by atoms with E-state index in [1.165, 1.54) is 77.0 Å². The molecule has 4 aliphatic heterocycles. The maximum Gasteiger partial charge on any atom is 0.299 e. The van der Waals surface area contributed by atoms with Crippen LogP contribution < -0.4 is 4.74 Å². The Morgan fingerprint density at radius 3 is 1.88 bits per heavy atom. The average molecular weight is 468 g/mol. The lowest BCUT2D eigenvalue weighted by Gasteiger charge is -2.41. The molecule has 5 rings (SSSR count). The summed E-state index contributed by atoms with van der Waals surface area (Å²) in [6.45, 7) is 2.54. The van der Waals surface area contributed by atoms with Crippen LogP contribution in [0.1, 0.15) is 77.0 Å². The molecule has 0 aliphatic carbocycles. The summed E-state index contributed by atoms with van der Waals surface area (Å²) in [5.41, 5.74) is 0. The molecule has 1 atom stereocenters. The van der Waals surface area contributed by atoms with Gasteiger partial charge >= 0.3 is 0 Å². The number of hydrogen-bond acceptors (Lipinski definition) is 4. The van der Waals surface area contributed by atoms with Crippen LogP contribution in [0, 0.1) is 0 Å². The van der Waals surface area contributed by atoms with Crippen molar-refractivity contribution in [2.45, 2.75) is 106 Å². The summed E-state index contributed by atoms with van der Waals surface area (Å²) in [6.07, 6.45) is 16.8. The molecule has 4 saturated heterocycles. The Morgan fingerprint density at radius 2 is 1.30 bits per heavy atom. The standard InChI is InChI=1S/C27H42B2O3S/c1-2-16-26(17-3-1)30-20-27(32-29-24-12-6-13-25(29)15-7-14-24)21-33-19-18-31-28-22-8-4-9-23(28)11-5-10-22/h1-3,16-17,22-25,27H,4-15,18-21H2. The normalized spacial score (nSPS) is 30.2. The molecule has 0 saturated carbocycles. The molecule has 1 aromatic rings.